The normalized spacial score (nSPS) is 18.3. The fourth-order valence-corrected chi connectivity index (χ4v) is 4.10. The van der Waals surface area contributed by atoms with Crippen molar-refractivity contribution in [3.8, 4) is 0 Å². The lowest BCUT2D eigenvalue weighted by atomic mass is 9.85. The number of benzene rings is 1. The molecule has 2 aliphatic rings. The van der Waals surface area contributed by atoms with Gasteiger partial charge in [-0.25, -0.2) is 9.78 Å². The molecule has 1 aromatic heterocycles. The van der Waals surface area contributed by atoms with Crippen molar-refractivity contribution in [2.75, 3.05) is 18.4 Å². The number of imidazole rings is 1. The van der Waals surface area contributed by atoms with Gasteiger partial charge in [-0.05, 0) is 70.6 Å². The number of piperidine rings is 1. The molecular weight excluding hydrogens is 380 g/mol. The molecule has 2 fully saturated rings. The Morgan fingerprint density at radius 3 is 2.57 bits per heavy atom. The number of fused-ring (bicyclic) bond motifs is 1. The highest BCUT2D eigenvalue weighted by molar-refractivity contribution is 5.93. The number of amides is 2. The van der Waals surface area contributed by atoms with Gasteiger partial charge >= 0.3 is 6.09 Å². The van der Waals surface area contributed by atoms with Crippen molar-refractivity contribution >= 4 is 28.7 Å². The van der Waals surface area contributed by atoms with E-state index in [0.29, 0.717) is 25.4 Å². The van der Waals surface area contributed by atoms with Crippen molar-refractivity contribution in [2.24, 2.45) is 5.92 Å². The van der Waals surface area contributed by atoms with E-state index in [-0.39, 0.29) is 17.9 Å². The Bertz CT molecular complexity index is 918. The predicted molar refractivity (Wildman–Crippen MR) is 116 cm³/mol. The van der Waals surface area contributed by atoms with Crippen molar-refractivity contribution in [2.45, 2.75) is 70.8 Å². The molecule has 0 unspecified atom stereocenters. The zero-order chi connectivity index (χ0) is 21.3. The Morgan fingerprint density at radius 1 is 1.20 bits per heavy atom. The van der Waals surface area contributed by atoms with Gasteiger partial charge in [-0.1, -0.05) is 6.42 Å². The first-order chi connectivity index (χ1) is 14.3. The average Bonchev–Trinajstić information content (AvgIpc) is 3.01. The molecule has 162 valence electrons. The number of carbonyl (C=O) groups excluding carboxylic acids is 2. The van der Waals surface area contributed by atoms with Crippen LogP contribution in [-0.2, 0) is 9.53 Å². The second kappa shape index (κ2) is 8.28. The van der Waals surface area contributed by atoms with Crippen LogP contribution in [0.3, 0.4) is 0 Å². The van der Waals surface area contributed by atoms with Gasteiger partial charge < -0.3 is 19.9 Å². The smallest absolute Gasteiger partial charge is 0.410 e. The number of carbonyl (C=O) groups is 2. The van der Waals surface area contributed by atoms with E-state index < -0.39 is 5.60 Å². The molecule has 1 aliphatic heterocycles. The highest BCUT2D eigenvalue weighted by atomic mass is 16.6. The first kappa shape index (κ1) is 20.7. The first-order valence-electron chi connectivity index (χ1n) is 11.0. The maximum Gasteiger partial charge on any atom is 0.410 e. The number of likely N-dealkylation sites (tertiary alicyclic amines) is 1. The molecule has 2 heterocycles. The summed E-state index contributed by atoms with van der Waals surface area (Å²) in [5.41, 5.74) is 2.23. The standard InChI is InChI=1S/C23H32N4O3/c1-23(2,3)30-22(29)27-11-9-15(10-12-27)13-20(28)24-17-7-8-18-19(14-17)26-21(25-18)16-5-4-6-16/h7-8,14-16H,4-6,9-13H2,1-3H3,(H,24,28)(H,25,26). The van der Waals surface area contributed by atoms with Gasteiger partial charge in [0.15, 0.2) is 0 Å². The van der Waals surface area contributed by atoms with E-state index in [0.717, 1.165) is 35.4 Å². The van der Waals surface area contributed by atoms with Crippen LogP contribution in [0.5, 0.6) is 0 Å². The second-order valence-electron chi connectivity index (χ2n) is 9.64. The lowest BCUT2D eigenvalue weighted by Crippen LogP contribution is -2.42. The minimum atomic E-state index is -0.484. The maximum atomic E-state index is 12.5. The number of aromatic amines is 1. The summed E-state index contributed by atoms with van der Waals surface area (Å²) in [4.78, 5) is 34.6. The number of ether oxygens (including phenoxy) is 1. The van der Waals surface area contributed by atoms with Crippen LogP contribution in [-0.4, -0.2) is 45.6 Å². The fourth-order valence-electron chi connectivity index (χ4n) is 4.10. The zero-order valence-corrected chi connectivity index (χ0v) is 18.2. The number of rotatable bonds is 4. The molecule has 1 aliphatic carbocycles. The number of hydrogen-bond acceptors (Lipinski definition) is 4. The summed E-state index contributed by atoms with van der Waals surface area (Å²) >= 11 is 0. The molecule has 30 heavy (non-hydrogen) atoms. The third-order valence-corrected chi connectivity index (χ3v) is 6.02. The van der Waals surface area contributed by atoms with Crippen molar-refractivity contribution in [1.29, 1.82) is 0 Å². The summed E-state index contributed by atoms with van der Waals surface area (Å²) in [5.74, 6) is 1.92. The van der Waals surface area contributed by atoms with Gasteiger partial charge in [0.25, 0.3) is 0 Å². The van der Waals surface area contributed by atoms with Gasteiger partial charge in [-0.3, -0.25) is 4.79 Å². The van der Waals surface area contributed by atoms with Gasteiger partial charge in [0.2, 0.25) is 5.91 Å². The molecule has 7 nitrogen and oxygen atoms in total. The molecule has 0 spiro atoms. The maximum absolute atomic E-state index is 12.5. The summed E-state index contributed by atoms with van der Waals surface area (Å²) in [6.45, 7) is 6.89. The van der Waals surface area contributed by atoms with Crippen LogP contribution in [0.2, 0.25) is 0 Å². The van der Waals surface area contributed by atoms with Crippen LogP contribution in [0.25, 0.3) is 11.0 Å². The average molecular weight is 413 g/mol. The van der Waals surface area contributed by atoms with Crippen LogP contribution in [0, 0.1) is 5.92 Å². The third kappa shape index (κ3) is 4.94. The van der Waals surface area contributed by atoms with Gasteiger partial charge in [-0.2, -0.15) is 0 Å². The minimum Gasteiger partial charge on any atom is -0.444 e. The summed E-state index contributed by atoms with van der Waals surface area (Å²) in [5, 5.41) is 3.02. The van der Waals surface area contributed by atoms with Gasteiger partial charge in [0.1, 0.15) is 11.4 Å². The van der Waals surface area contributed by atoms with Gasteiger partial charge in [-0.15, -0.1) is 0 Å². The highest BCUT2D eigenvalue weighted by Gasteiger charge is 2.28. The largest absolute Gasteiger partial charge is 0.444 e. The number of aromatic nitrogens is 2. The molecule has 1 saturated heterocycles. The van der Waals surface area contributed by atoms with Crippen molar-refractivity contribution in [3.05, 3.63) is 24.0 Å². The topological polar surface area (TPSA) is 87.3 Å². The van der Waals surface area contributed by atoms with Gasteiger partial charge in [0, 0.05) is 31.1 Å². The second-order valence-corrected chi connectivity index (χ2v) is 9.64. The minimum absolute atomic E-state index is 0.0174. The SMILES string of the molecule is CC(C)(C)OC(=O)N1CCC(CC(=O)Nc2ccc3nc(C4CCC4)[nH]c3c2)CC1. The molecule has 7 heteroatoms. The lowest BCUT2D eigenvalue weighted by Gasteiger charge is -2.33. The Hall–Kier alpha value is -2.57. The molecule has 4 rings (SSSR count). The van der Waals surface area contributed by atoms with Crippen molar-refractivity contribution < 1.29 is 14.3 Å². The summed E-state index contributed by atoms with van der Waals surface area (Å²) in [6, 6.07) is 5.84. The molecular formula is C23H32N4O3. The van der Waals surface area contributed by atoms with Gasteiger partial charge in [0.05, 0.1) is 11.0 Å². The Labute approximate surface area is 177 Å². The number of anilines is 1. The number of nitrogens with one attached hydrogen (secondary N) is 2. The quantitative estimate of drug-likeness (QED) is 0.755. The fraction of sp³-hybridized carbons (Fsp3) is 0.609. The summed E-state index contributed by atoms with van der Waals surface area (Å²) < 4.78 is 5.43. The van der Waals surface area contributed by atoms with E-state index in [1.165, 1.54) is 19.3 Å². The number of hydrogen-bond donors (Lipinski definition) is 2. The molecule has 0 bridgehead atoms. The molecule has 2 aromatic rings. The highest BCUT2D eigenvalue weighted by Crippen LogP contribution is 2.35. The van der Waals surface area contributed by atoms with E-state index in [1.807, 2.05) is 39.0 Å². The van der Waals surface area contributed by atoms with E-state index in [4.69, 9.17) is 4.74 Å². The molecule has 1 aromatic carbocycles. The van der Waals surface area contributed by atoms with Crippen LogP contribution in [0.1, 0.15) is 71.0 Å². The Kier molecular flexibility index (Phi) is 5.71. The Morgan fingerprint density at radius 2 is 1.93 bits per heavy atom. The van der Waals surface area contributed by atoms with Crippen LogP contribution in [0.15, 0.2) is 18.2 Å². The predicted octanol–water partition coefficient (Wildman–Crippen LogP) is 4.81. The van der Waals surface area contributed by atoms with E-state index in [2.05, 4.69) is 15.3 Å². The molecule has 2 N–H and O–H groups in total. The van der Waals surface area contributed by atoms with Crippen LogP contribution >= 0.6 is 0 Å². The van der Waals surface area contributed by atoms with E-state index >= 15 is 0 Å². The van der Waals surface area contributed by atoms with Crippen molar-refractivity contribution in [1.82, 2.24) is 14.9 Å². The number of nitrogens with zero attached hydrogens (tertiary/aromatic N) is 2. The molecule has 1 saturated carbocycles. The zero-order valence-electron chi connectivity index (χ0n) is 18.2. The van der Waals surface area contributed by atoms with Crippen LogP contribution < -0.4 is 5.32 Å². The summed E-state index contributed by atoms with van der Waals surface area (Å²) in [7, 11) is 0. The van der Waals surface area contributed by atoms with E-state index in [9.17, 15) is 9.59 Å². The third-order valence-electron chi connectivity index (χ3n) is 6.02. The molecule has 0 radical (unpaired) electrons. The molecule has 2 amide bonds. The van der Waals surface area contributed by atoms with Crippen LogP contribution in [0.4, 0.5) is 10.5 Å². The first-order valence-corrected chi connectivity index (χ1v) is 11.0. The number of H-pyrrole nitrogens is 1. The monoisotopic (exact) mass is 412 g/mol. The van der Waals surface area contributed by atoms with E-state index in [1.54, 1.807) is 4.90 Å². The summed E-state index contributed by atoms with van der Waals surface area (Å²) in [6.07, 6.45) is 5.52. The van der Waals surface area contributed by atoms with Crippen molar-refractivity contribution in [3.63, 3.8) is 0 Å². The Balaban J connectivity index is 1.27. The molecule has 0 atom stereocenters. The lowest BCUT2D eigenvalue weighted by molar-refractivity contribution is -0.117.